The van der Waals surface area contributed by atoms with Gasteiger partial charge in [-0.05, 0) is 30.7 Å². The van der Waals surface area contributed by atoms with E-state index in [9.17, 15) is 4.79 Å². The van der Waals surface area contributed by atoms with Crippen LogP contribution < -0.4 is 10.2 Å². The van der Waals surface area contributed by atoms with Crippen molar-refractivity contribution in [3.63, 3.8) is 0 Å². The maximum Gasteiger partial charge on any atom is 0.230 e. The first-order valence-electron chi connectivity index (χ1n) is 5.36. The molecule has 92 valence electrons. The van der Waals surface area contributed by atoms with E-state index in [1.165, 1.54) is 0 Å². The number of hydrogen-bond acceptors (Lipinski definition) is 2. The first-order valence-corrected chi connectivity index (χ1v) is 6.12. The molecule has 1 fully saturated rings. The summed E-state index contributed by atoms with van der Waals surface area (Å²) in [6.07, 6.45) is 0.526. The van der Waals surface area contributed by atoms with Crippen LogP contribution in [0.3, 0.4) is 0 Å². The fourth-order valence-electron chi connectivity index (χ4n) is 1.57. The maximum absolute atomic E-state index is 11.7. The van der Waals surface area contributed by atoms with Crippen molar-refractivity contribution in [2.24, 2.45) is 5.92 Å². The lowest BCUT2D eigenvalue weighted by atomic mass is 10.2. The molecule has 5 heteroatoms. The van der Waals surface area contributed by atoms with E-state index >= 15 is 0 Å². The molecular formula is C12H14Cl2N2O. The number of anilines is 2. The molecule has 2 rings (SSSR count). The lowest BCUT2D eigenvalue weighted by molar-refractivity contribution is -0.117. The Kier molecular flexibility index (Phi) is 3.23. The van der Waals surface area contributed by atoms with Crippen molar-refractivity contribution in [2.75, 3.05) is 24.3 Å². The lowest BCUT2D eigenvalue weighted by Crippen LogP contribution is -2.17. The maximum atomic E-state index is 11.7. The number of halogens is 2. The van der Waals surface area contributed by atoms with Gasteiger partial charge in [0.05, 0.1) is 5.92 Å². The van der Waals surface area contributed by atoms with E-state index in [1.807, 2.05) is 43.3 Å². The highest BCUT2D eigenvalue weighted by atomic mass is 35.5. The number of nitrogens with one attached hydrogen (secondary N) is 1. The normalized spacial score (nSPS) is 20.8. The summed E-state index contributed by atoms with van der Waals surface area (Å²) in [6, 6.07) is 7.60. The molecule has 1 amide bonds. The molecule has 1 aromatic carbocycles. The second kappa shape index (κ2) is 4.39. The number of nitrogens with zero attached hydrogens (tertiary/aromatic N) is 1. The first kappa shape index (κ1) is 12.5. The number of benzene rings is 1. The number of hydrogen-bond donors (Lipinski definition) is 1. The van der Waals surface area contributed by atoms with Gasteiger partial charge in [-0.3, -0.25) is 4.79 Å². The van der Waals surface area contributed by atoms with E-state index in [0.717, 1.165) is 11.4 Å². The Morgan fingerprint density at radius 2 is 1.88 bits per heavy atom. The van der Waals surface area contributed by atoms with Crippen LogP contribution in [0.1, 0.15) is 6.42 Å². The number of carbonyl (C=O) groups excluding carboxylic acids is 1. The third-order valence-corrected chi connectivity index (χ3v) is 3.63. The number of rotatable bonds is 3. The van der Waals surface area contributed by atoms with Crippen molar-refractivity contribution in [3.8, 4) is 0 Å². The summed E-state index contributed by atoms with van der Waals surface area (Å²) in [5.41, 5.74) is 1.84. The Labute approximate surface area is 111 Å². The van der Waals surface area contributed by atoms with Gasteiger partial charge in [0.15, 0.2) is 0 Å². The molecule has 17 heavy (non-hydrogen) atoms. The average Bonchev–Trinajstić information content (AvgIpc) is 2.89. The highest BCUT2D eigenvalue weighted by Crippen LogP contribution is 2.53. The van der Waals surface area contributed by atoms with Gasteiger partial charge in [-0.2, -0.15) is 0 Å². The van der Waals surface area contributed by atoms with Crippen molar-refractivity contribution in [1.29, 1.82) is 0 Å². The monoisotopic (exact) mass is 272 g/mol. The molecule has 1 N–H and O–H groups in total. The van der Waals surface area contributed by atoms with Crippen molar-refractivity contribution in [1.82, 2.24) is 0 Å². The molecule has 0 bridgehead atoms. The fraction of sp³-hybridized carbons (Fsp3) is 0.417. The molecule has 3 nitrogen and oxygen atoms in total. The number of carbonyl (C=O) groups is 1. The summed E-state index contributed by atoms with van der Waals surface area (Å²) < 4.78 is -0.867. The van der Waals surface area contributed by atoms with E-state index in [4.69, 9.17) is 23.2 Å². The largest absolute Gasteiger partial charge is 0.378 e. The molecule has 0 aromatic heterocycles. The van der Waals surface area contributed by atoms with Crippen LogP contribution in [0, 0.1) is 5.92 Å². The summed E-state index contributed by atoms with van der Waals surface area (Å²) in [5, 5.41) is 2.80. The fourth-order valence-corrected chi connectivity index (χ4v) is 2.08. The molecule has 0 aliphatic heterocycles. The predicted octanol–water partition coefficient (Wildman–Crippen LogP) is 2.88. The van der Waals surface area contributed by atoms with Crippen LogP contribution in [0.15, 0.2) is 24.3 Å². The molecule has 1 saturated carbocycles. The van der Waals surface area contributed by atoms with E-state index in [2.05, 4.69) is 5.32 Å². The Bertz CT molecular complexity index is 429. The van der Waals surface area contributed by atoms with E-state index in [-0.39, 0.29) is 11.8 Å². The predicted molar refractivity (Wildman–Crippen MR) is 71.9 cm³/mol. The Morgan fingerprint density at radius 1 is 1.35 bits per heavy atom. The average molecular weight is 273 g/mol. The van der Waals surface area contributed by atoms with Gasteiger partial charge in [0, 0.05) is 25.5 Å². The summed E-state index contributed by atoms with van der Waals surface area (Å²) in [4.78, 5) is 13.7. The van der Waals surface area contributed by atoms with Gasteiger partial charge in [0.25, 0.3) is 0 Å². The zero-order valence-corrected chi connectivity index (χ0v) is 11.2. The molecule has 1 aliphatic carbocycles. The molecule has 0 saturated heterocycles. The van der Waals surface area contributed by atoms with Crippen molar-refractivity contribution in [3.05, 3.63) is 24.3 Å². The van der Waals surface area contributed by atoms with E-state index in [0.29, 0.717) is 6.42 Å². The zero-order chi connectivity index (χ0) is 12.6. The quantitative estimate of drug-likeness (QED) is 0.859. The van der Waals surface area contributed by atoms with Crippen molar-refractivity contribution < 1.29 is 4.79 Å². The van der Waals surface area contributed by atoms with Crippen LogP contribution in [0.25, 0.3) is 0 Å². The van der Waals surface area contributed by atoms with Crippen LogP contribution in [0.5, 0.6) is 0 Å². The third-order valence-electron chi connectivity index (χ3n) is 2.79. The second-order valence-corrected chi connectivity index (χ2v) is 5.99. The summed E-state index contributed by atoms with van der Waals surface area (Å²) in [6.45, 7) is 0. The summed E-state index contributed by atoms with van der Waals surface area (Å²) in [7, 11) is 3.93. The molecule has 0 spiro atoms. The molecular weight excluding hydrogens is 259 g/mol. The minimum atomic E-state index is -0.867. The van der Waals surface area contributed by atoms with Gasteiger partial charge >= 0.3 is 0 Å². The van der Waals surface area contributed by atoms with Crippen LogP contribution in [0.2, 0.25) is 0 Å². The Balaban J connectivity index is 1.98. The number of alkyl halides is 2. The van der Waals surface area contributed by atoms with Gasteiger partial charge < -0.3 is 10.2 Å². The van der Waals surface area contributed by atoms with Crippen molar-refractivity contribution in [2.45, 2.75) is 10.8 Å². The van der Waals surface area contributed by atoms with Crippen LogP contribution in [-0.4, -0.2) is 24.3 Å². The van der Waals surface area contributed by atoms with Gasteiger partial charge in [-0.15, -0.1) is 23.2 Å². The first-order chi connectivity index (χ1) is 7.90. The van der Waals surface area contributed by atoms with E-state index < -0.39 is 4.33 Å². The standard InChI is InChI=1S/C12H14Cl2N2O/c1-16(2)9-5-3-8(4-6-9)15-11(17)10-7-12(10,13)14/h3-6,10H,7H2,1-2H3,(H,15,17). The van der Waals surface area contributed by atoms with Gasteiger partial charge in [-0.1, -0.05) is 0 Å². The smallest absolute Gasteiger partial charge is 0.230 e. The van der Waals surface area contributed by atoms with Crippen LogP contribution >= 0.6 is 23.2 Å². The third kappa shape index (κ3) is 2.85. The van der Waals surface area contributed by atoms with Gasteiger partial charge in [-0.25, -0.2) is 0 Å². The second-order valence-electron chi connectivity index (χ2n) is 4.45. The topological polar surface area (TPSA) is 32.3 Å². The molecule has 0 radical (unpaired) electrons. The molecule has 1 atom stereocenters. The lowest BCUT2D eigenvalue weighted by Gasteiger charge is -2.13. The molecule has 0 heterocycles. The minimum Gasteiger partial charge on any atom is -0.378 e. The Hall–Kier alpha value is -0.930. The van der Waals surface area contributed by atoms with Gasteiger partial charge in [0.2, 0.25) is 5.91 Å². The number of amides is 1. The highest BCUT2D eigenvalue weighted by molar-refractivity contribution is 6.52. The van der Waals surface area contributed by atoms with Crippen molar-refractivity contribution >= 4 is 40.5 Å². The summed E-state index contributed by atoms with van der Waals surface area (Å²) >= 11 is 11.7. The van der Waals surface area contributed by atoms with Crippen LogP contribution in [-0.2, 0) is 4.79 Å². The minimum absolute atomic E-state index is 0.118. The van der Waals surface area contributed by atoms with Crippen LogP contribution in [0.4, 0.5) is 11.4 Å². The molecule has 1 unspecified atom stereocenters. The zero-order valence-electron chi connectivity index (χ0n) is 9.71. The molecule has 1 aromatic rings. The SMILES string of the molecule is CN(C)c1ccc(NC(=O)C2CC2(Cl)Cl)cc1. The Morgan fingerprint density at radius 3 is 2.29 bits per heavy atom. The molecule has 1 aliphatic rings. The van der Waals surface area contributed by atoms with Gasteiger partial charge in [0.1, 0.15) is 4.33 Å². The highest BCUT2D eigenvalue weighted by Gasteiger charge is 2.56. The van der Waals surface area contributed by atoms with E-state index in [1.54, 1.807) is 0 Å². The summed E-state index contributed by atoms with van der Waals surface area (Å²) in [5.74, 6) is -0.410.